The normalized spacial score (nSPS) is 28.9. The van der Waals surface area contributed by atoms with E-state index in [9.17, 15) is 4.79 Å². The number of hydrogen-bond acceptors (Lipinski definition) is 2. The molecule has 2 unspecified atom stereocenters. The van der Waals surface area contributed by atoms with Crippen LogP contribution in [0.25, 0.3) is 0 Å². The van der Waals surface area contributed by atoms with Crippen LogP contribution in [0.5, 0.6) is 0 Å². The Morgan fingerprint density at radius 2 is 2.23 bits per heavy atom. The van der Waals surface area contributed by atoms with E-state index in [4.69, 9.17) is 4.74 Å². The van der Waals surface area contributed by atoms with Crippen molar-refractivity contribution in [3.63, 3.8) is 0 Å². The second-order valence-corrected chi connectivity index (χ2v) is 3.99. The van der Waals surface area contributed by atoms with Crippen LogP contribution in [0.3, 0.4) is 0 Å². The highest BCUT2D eigenvalue weighted by Crippen LogP contribution is 2.20. The van der Waals surface area contributed by atoms with E-state index in [2.05, 4.69) is 5.32 Å². The van der Waals surface area contributed by atoms with Crippen LogP contribution in [0.4, 0.5) is 0 Å². The fraction of sp³-hybridized carbons (Fsp3) is 0.900. The smallest absolute Gasteiger partial charge is 0.225 e. The Labute approximate surface area is 79.8 Å². The molecule has 2 atom stereocenters. The Balaban J connectivity index is 2.44. The van der Waals surface area contributed by atoms with Gasteiger partial charge in [0, 0.05) is 12.6 Å². The van der Waals surface area contributed by atoms with E-state index < -0.39 is 0 Å². The van der Waals surface area contributed by atoms with Crippen molar-refractivity contribution < 1.29 is 9.53 Å². The minimum atomic E-state index is 0.0520. The van der Waals surface area contributed by atoms with Crippen molar-refractivity contribution in [2.45, 2.75) is 45.8 Å². The van der Waals surface area contributed by atoms with Crippen molar-refractivity contribution in [1.82, 2.24) is 5.32 Å². The molecule has 76 valence electrons. The van der Waals surface area contributed by atoms with Gasteiger partial charge < -0.3 is 10.1 Å². The van der Waals surface area contributed by atoms with E-state index in [1.807, 2.05) is 20.8 Å². The lowest BCUT2D eigenvalue weighted by atomic mass is 9.94. The van der Waals surface area contributed by atoms with Gasteiger partial charge in [-0.1, -0.05) is 0 Å². The van der Waals surface area contributed by atoms with Crippen molar-refractivity contribution in [3.05, 3.63) is 0 Å². The van der Waals surface area contributed by atoms with E-state index in [1.54, 1.807) is 0 Å². The number of hydrogen-bond donors (Lipinski definition) is 1. The maximum absolute atomic E-state index is 11.6. The van der Waals surface area contributed by atoms with Gasteiger partial charge >= 0.3 is 0 Å². The number of rotatable bonds is 2. The van der Waals surface area contributed by atoms with Gasteiger partial charge in [0.05, 0.1) is 12.0 Å². The molecular weight excluding hydrogens is 166 g/mol. The molecular formula is C10H19NO2. The summed E-state index contributed by atoms with van der Waals surface area (Å²) in [5.74, 6) is 0.193. The zero-order valence-electron chi connectivity index (χ0n) is 8.67. The zero-order valence-corrected chi connectivity index (χ0v) is 8.67. The molecule has 1 saturated heterocycles. The summed E-state index contributed by atoms with van der Waals surface area (Å²) < 4.78 is 5.43. The first kappa shape index (κ1) is 10.5. The molecule has 0 spiro atoms. The SMILES string of the molecule is CC(C)NC(=O)C1CCCOC1C. The Morgan fingerprint density at radius 3 is 2.77 bits per heavy atom. The summed E-state index contributed by atoms with van der Waals surface area (Å²) in [6.07, 6.45) is 2.03. The fourth-order valence-electron chi connectivity index (χ4n) is 1.66. The molecule has 1 aliphatic rings. The molecule has 1 heterocycles. The molecule has 0 aromatic carbocycles. The van der Waals surface area contributed by atoms with Crippen LogP contribution in [-0.4, -0.2) is 24.7 Å². The van der Waals surface area contributed by atoms with Crippen molar-refractivity contribution in [1.29, 1.82) is 0 Å². The van der Waals surface area contributed by atoms with Crippen molar-refractivity contribution in [2.75, 3.05) is 6.61 Å². The summed E-state index contributed by atoms with van der Waals surface area (Å²) in [4.78, 5) is 11.6. The van der Waals surface area contributed by atoms with E-state index in [0.29, 0.717) is 0 Å². The third-order valence-corrected chi connectivity index (χ3v) is 2.37. The van der Waals surface area contributed by atoms with Gasteiger partial charge in [-0.15, -0.1) is 0 Å². The van der Waals surface area contributed by atoms with Crippen LogP contribution >= 0.6 is 0 Å². The van der Waals surface area contributed by atoms with Crippen LogP contribution in [0, 0.1) is 5.92 Å². The van der Waals surface area contributed by atoms with Gasteiger partial charge in [0.1, 0.15) is 0 Å². The predicted octanol–water partition coefficient (Wildman–Crippen LogP) is 1.33. The molecule has 0 aliphatic carbocycles. The minimum absolute atomic E-state index is 0.0520. The Kier molecular flexibility index (Phi) is 3.72. The molecule has 1 N–H and O–H groups in total. The summed E-state index contributed by atoms with van der Waals surface area (Å²) >= 11 is 0. The van der Waals surface area contributed by atoms with E-state index >= 15 is 0 Å². The molecule has 0 aromatic rings. The van der Waals surface area contributed by atoms with Gasteiger partial charge in [-0.05, 0) is 33.6 Å². The Morgan fingerprint density at radius 1 is 1.54 bits per heavy atom. The molecule has 13 heavy (non-hydrogen) atoms. The van der Waals surface area contributed by atoms with Crippen LogP contribution in [-0.2, 0) is 9.53 Å². The second-order valence-electron chi connectivity index (χ2n) is 3.99. The highest BCUT2D eigenvalue weighted by Gasteiger charge is 2.28. The first-order valence-electron chi connectivity index (χ1n) is 5.03. The maximum Gasteiger partial charge on any atom is 0.225 e. The van der Waals surface area contributed by atoms with Crippen LogP contribution in [0.2, 0.25) is 0 Å². The topological polar surface area (TPSA) is 38.3 Å². The lowest BCUT2D eigenvalue weighted by molar-refractivity contribution is -0.133. The first-order valence-corrected chi connectivity index (χ1v) is 5.03. The predicted molar refractivity (Wildman–Crippen MR) is 51.4 cm³/mol. The lowest BCUT2D eigenvalue weighted by Gasteiger charge is -2.28. The summed E-state index contributed by atoms with van der Waals surface area (Å²) in [5, 5.41) is 2.92. The van der Waals surface area contributed by atoms with Crippen LogP contribution in [0.15, 0.2) is 0 Å². The van der Waals surface area contributed by atoms with Crippen molar-refractivity contribution >= 4 is 5.91 Å². The summed E-state index contributed by atoms with van der Waals surface area (Å²) in [6, 6.07) is 0.224. The van der Waals surface area contributed by atoms with Gasteiger partial charge in [-0.25, -0.2) is 0 Å². The fourth-order valence-corrected chi connectivity index (χ4v) is 1.66. The minimum Gasteiger partial charge on any atom is -0.378 e. The monoisotopic (exact) mass is 185 g/mol. The summed E-state index contributed by atoms with van der Waals surface area (Å²) in [7, 11) is 0. The molecule has 1 amide bonds. The van der Waals surface area contributed by atoms with Crippen LogP contribution in [0.1, 0.15) is 33.6 Å². The molecule has 0 bridgehead atoms. The van der Waals surface area contributed by atoms with Gasteiger partial charge in [-0.2, -0.15) is 0 Å². The quantitative estimate of drug-likeness (QED) is 0.704. The van der Waals surface area contributed by atoms with Gasteiger partial charge in [-0.3, -0.25) is 4.79 Å². The highest BCUT2D eigenvalue weighted by atomic mass is 16.5. The first-order chi connectivity index (χ1) is 6.11. The van der Waals surface area contributed by atoms with Crippen molar-refractivity contribution in [2.24, 2.45) is 5.92 Å². The Hall–Kier alpha value is -0.570. The lowest BCUT2D eigenvalue weighted by Crippen LogP contribution is -2.42. The zero-order chi connectivity index (χ0) is 9.84. The standard InChI is InChI=1S/C10H19NO2/c1-7(2)11-10(12)9-5-4-6-13-8(9)3/h7-9H,4-6H2,1-3H3,(H,11,12). The molecule has 0 radical (unpaired) electrons. The highest BCUT2D eigenvalue weighted by molar-refractivity contribution is 5.79. The van der Waals surface area contributed by atoms with Crippen LogP contribution < -0.4 is 5.32 Å². The summed E-state index contributed by atoms with van der Waals surface area (Å²) in [5.41, 5.74) is 0. The summed E-state index contributed by atoms with van der Waals surface area (Å²) in [6.45, 7) is 6.73. The molecule has 3 heteroatoms. The number of amides is 1. The van der Waals surface area contributed by atoms with Gasteiger partial charge in [0.15, 0.2) is 0 Å². The molecule has 0 aromatic heterocycles. The van der Waals surface area contributed by atoms with E-state index in [0.717, 1.165) is 19.4 Å². The number of carbonyl (C=O) groups is 1. The number of nitrogens with one attached hydrogen (secondary N) is 1. The molecule has 0 saturated carbocycles. The third kappa shape index (κ3) is 2.99. The largest absolute Gasteiger partial charge is 0.378 e. The third-order valence-electron chi connectivity index (χ3n) is 2.37. The second kappa shape index (κ2) is 4.61. The van der Waals surface area contributed by atoms with E-state index in [-0.39, 0.29) is 24.0 Å². The van der Waals surface area contributed by atoms with Gasteiger partial charge in [0.2, 0.25) is 5.91 Å². The maximum atomic E-state index is 11.6. The van der Waals surface area contributed by atoms with Gasteiger partial charge in [0.25, 0.3) is 0 Å². The average Bonchev–Trinajstić information content (AvgIpc) is 2.03. The molecule has 1 fully saturated rings. The number of carbonyl (C=O) groups excluding carboxylic acids is 1. The Bertz CT molecular complexity index is 180. The number of ether oxygens (including phenoxy) is 1. The van der Waals surface area contributed by atoms with E-state index in [1.165, 1.54) is 0 Å². The molecule has 3 nitrogen and oxygen atoms in total. The molecule has 1 aliphatic heterocycles. The average molecular weight is 185 g/mol. The van der Waals surface area contributed by atoms with Crippen molar-refractivity contribution in [3.8, 4) is 0 Å². The molecule has 1 rings (SSSR count).